The Hall–Kier alpha value is -3.87. The summed E-state index contributed by atoms with van der Waals surface area (Å²) in [6, 6.07) is 10.9. The van der Waals surface area contributed by atoms with Crippen LogP contribution in [0.5, 0.6) is 11.6 Å². The van der Waals surface area contributed by atoms with E-state index in [1.165, 1.54) is 6.20 Å². The molecule has 268 valence electrons. The smallest absolute Gasteiger partial charge is 0.236 e. The van der Waals surface area contributed by atoms with E-state index in [4.69, 9.17) is 21.3 Å². The fourth-order valence-corrected chi connectivity index (χ4v) is 9.35. The van der Waals surface area contributed by atoms with Crippen molar-refractivity contribution in [1.29, 1.82) is 0 Å². The first-order chi connectivity index (χ1) is 23.9. The fourth-order valence-electron chi connectivity index (χ4n) is 7.11. The van der Waals surface area contributed by atoms with Gasteiger partial charge in [-0.05, 0) is 77.4 Å². The number of benzene rings is 2. The number of nitrogens with one attached hydrogen (secondary N) is 1. The Morgan fingerprint density at radius 2 is 1.82 bits per heavy atom. The minimum Gasteiger partial charge on any atom is -0.494 e. The Morgan fingerprint density at radius 1 is 1.10 bits per heavy atom. The highest BCUT2D eigenvalue weighted by molar-refractivity contribution is 7.92. The van der Waals surface area contributed by atoms with Crippen molar-refractivity contribution in [1.82, 2.24) is 24.3 Å². The predicted molar refractivity (Wildman–Crippen MR) is 196 cm³/mol. The van der Waals surface area contributed by atoms with Crippen LogP contribution in [-0.4, -0.2) is 88.8 Å². The molecule has 2 N–H and O–H groups in total. The lowest BCUT2D eigenvalue weighted by molar-refractivity contribution is -0.133. The van der Waals surface area contributed by atoms with Gasteiger partial charge in [0.15, 0.2) is 15.7 Å². The average molecular weight is 723 g/mol. The molecule has 2 aromatic carbocycles. The normalized spacial score (nSPS) is 16.4. The highest BCUT2D eigenvalue weighted by Crippen LogP contribution is 2.40. The van der Waals surface area contributed by atoms with Crippen LogP contribution in [0, 0.1) is 0 Å². The molecule has 2 fully saturated rings. The summed E-state index contributed by atoms with van der Waals surface area (Å²) < 4.78 is 35.5. The SMILES string of the molecule is CC(C)Oc1cc2cn(C3CCN(C(=O)CN(C)C)CC3)c(O)c2cc1Nc1ncc(Cl)c(Cc2ccccc2S(=O)(=O)C2CCCCC2)n1. The molecule has 0 radical (unpaired) electrons. The molecule has 50 heavy (non-hydrogen) atoms. The van der Waals surface area contributed by atoms with Crippen LogP contribution < -0.4 is 10.1 Å². The van der Waals surface area contributed by atoms with E-state index in [0.29, 0.717) is 70.5 Å². The first-order valence-corrected chi connectivity index (χ1v) is 19.4. The number of ether oxygens (including phenoxy) is 1. The van der Waals surface area contributed by atoms with Gasteiger partial charge in [0, 0.05) is 42.5 Å². The van der Waals surface area contributed by atoms with Crippen molar-refractivity contribution in [2.24, 2.45) is 0 Å². The lowest BCUT2D eigenvalue weighted by Crippen LogP contribution is -2.42. The highest BCUT2D eigenvalue weighted by Gasteiger charge is 2.31. The maximum absolute atomic E-state index is 13.7. The molecular weight excluding hydrogens is 676 g/mol. The number of likely N-dealkylation sites (tertiary alicyclic amines) is 1. The second-order valence-electron chi connectivity index (χ2n) is 14.0. The van der Waals surface area contributed by atoms with E-state index in [1.54, 1.807) is 12.1 Å². The number of hydrogen-bond donors (Lipinski definition) is 2. The van der Waals surface area contributed by atoms with Crippen molar-refractivity contribution in [3.8, 4) is 11.6 Å². The first-order valence-electron chi connectivity index (χ1n) is 17.5. The van der Waals surface area contributed by atoms with Crippen molar-refractivity contribution >= 4 is 49.8 Å². The summed E-state index contributed by atoms with van der Waals surface area (Å²) in [6.45, 7) is 5.53. The van der Waals surface area contributed by atoms with Crippen molar-refractivity contribution in [2.45, 2.75) is 87.5 Å². The minimum absolute atomic E-state index is 0.0450. The summed E-state index contributed by atoms with van der Waals surface area (Å²) in [4.78, 5) is 25.8. The molecule has 1 saturated heterocycles. The van der Waals surface area contributed by atoms with Crippen LogP contribution in [0.25, 0.3) is 10.8 Å². The molecule has 0 atom stereocenters. The number of halogens is 1. The van der Waals surface area contributed by atoms with Gasteiger partial charge >= 0.3 is 0 Å². The fraction of sp³-hybridized carbons (Fsp3) is 0.486. The lowest BCUT2D eigenvalue weighted by atomic mass is 10.0. The van der Waals surface area contributed by atoms with E-state index in [-0.39, 0.29) is 41.6 Å². The first kappa shape index (κ1) is 35.9. The molecule has 11 nitrogen and oxygen atoms in total. The molecule has 6 rings (SSSR count). The second kappa shape index (κ2) is 15.2. The summed E-state index contributed by atoms with van der Waals surface area (Å²) in [5, 5.41) is 16.1. The van der Waals surface area contributed by atoms with Crippen LogP contribution in [0.15, 0.2) is 53.7 Å². The number of anilines is 2. The van der Waals surface area contributed by atoms with E-state index in [1.807, 2.05) is 72.8 Å². The standard InChI is InChI=1S/C37H47ClN6O5S/c1-24(2)49-33-19-26-22-44(27-14-16-43(17-15-27)35(45)23-42(3)4)36(46)29(26)20-32(33)41-37-39-21-30(38)31(40-37)18-25-10-8-9-13-34(25)50(47,48)28-11-6-5-7-12-28/h8-10,13,19-22,24,27-28,46H,5-7,11-12,14-18,23H2,1-4H3,(H,39,40,41). The van der Waals surface area contributed by atoms with Crippen LogP contribution in [0.4, 0.5) is 11.6 Å². The number of carbonyl (C=O) groups is 1. The Kier molecular flexibility index (Phi) is 10.9. The van der Waals surface area contributed by atoms with E-state index in [9.17, 15) is 18.3 Å². The molecule has 0 spiro atoms. The van der Waals surface area contributed by atoms with Crippen molar-refractivity contribution in [3.63, 3.8) is 0 Å². The number of carbonyl (C=O) groups excluding carboxylic acids is 1. The molecule has 0 unspecified atom stereocenters. The molecule has 1 aliphatic heterocycles. The molecule has 13 heteroatoms. The summed E-state index contributed by atoms with van der Waals surface area (Å²) in [7, 11) is 0.270. The third-order valence-corrected chi connectivity index (χ3v) is 12.3. The highest BCUT2D eigenvalue weighted by atomic mass is 35.5. The van der Waals surface area contributed by atoms with Gasteiger partial charge in [-0.3, -0.25) is 4.79 Å². The van der Waals surface area contributed by atoms with Gasteiger partial charge in [0.05, 0.1) is 45.4 Å². The maximum Gasteiger partial charge on any atom is 0.236 e. The van der Waals surface area contributed by atoms with Gasteiger partial charge in [0.25, 0.3) is 0 Å². The number of amides is 1. The lowest BCUT2D eigenvalue weighted by Gasteiger charge is -2.33. The van der Waals surface area contributed by atoms with Crippen LogP contribution in [0.1, 0.15) is 76.1 Å². The van der Waals surface area contributed by atoms with Gasteiger partial charge in [0.2, 0.25) is 11.9 Å². The summed E-state index contributed by atoms with van der Waals surface area (Å²) in [6.07, 6.45) is 9.30. The zero-order valence-corrected chi connectivity index (χ0v) is 30.8. The van der Waals surface area contributed by atoms with Gasteiger partial charge in [-0.1, -0.05) is 49.1 Å². The van der Waals surface area contributed by atoms with Gasteiger partial charge in [-0.2, -0.15) is 0 Å². The van der Waals surface area contributed by atoms with E-state index in [0.717, 1.165) is 37.5 Å². The van der Waals surface area contributed by atoms with Crippen molar-refractivity contribution < 1.29 is 23.1 Å². The molecule has 4 aromatic rings. The summed E-state index contributed by atoms with van der Waals surface area (Å²) in [5.41, 5.74) is 1.71. The topological polar surface area (TPSA) is 130 Å². The predicted octanol–water partition coefficient (Wildman–Crippen LogP) is 6.74. The minimum atomic E-state index is -3.51. The maximum atomic E-state index is 13.7. The average Bonchev–Trinajstić information content (AvgIpc) is 3.41. The number of fused-ring (bicyclic) bond motifs is 1. The Balaban J connectivity index is 1.26. The van der Waals surface area contributed by atoms with E-state index in [2.05, 4.69) is 10.3 Å². The number of sulfone groups is 1. The summed E-state index contributed by atoms with van der Waals surface area (Å²) >= 11 is 6.60. The van der Waals surface area contributed by atoms with Crippen LogP contribution in [0.3, 0.4) is 0 Å². The van der Waals surface area contributed by atoms with Crippen LogP contribution in [0.2, 0.25) is 5.02 Å². The number of aromatic nitrogens is 3. The molecule has 1 saturated carbocycles. The Bertz CT molecular complexity index is 1950. The Labute approximate surface area is 299 Å². The van der Waals surface area contributed by atoms with E-state index >= 15 is 0 Å². The third-order valence-electron chi connectivity index (χ3n) is 9.63. The van der Waals surface area contributed by atoms with Gasteiger partial charge in [-0.25, -0.2) is 18.4 Å². The molecule has 2 aliphatic rings. The van der Waals surface area contributed by atoms with E-state index < -0.39 is 9.84 Å². The largest absolute Gasteiger partial charge is 0.494 e. The van der Waals surface area contributed by atoms with Crippen molar-refractivity contribution in [3.05, 3.63) is 65.1 Å². The van der Waals surface area contributed by atoms with Crippen LogP contribution in [-0.2, 0) is 21.1 Å². The molecule has 0 bridgehead atoms. The number of hydrogen-bond acceptors (Lipinski definition) is 9. The number of aromatic hydroxyl groups is 1. The molecular formula is C37H47ClN6O5S. The van der Waals surface area contributed by atoms with Crippen LogP contribution >= 0.6 is 11.6 Å². The zero-order valence-electron chi connectivity index (χ0n) is 29.2. The third kappa shape index (κ3) is 7.87. The molecule has 1 aliphatic carbocycles. The monoisotopic (exact) mass is 722 g/mol. The second-order valence-corrected chi connectivity index (χ2v) is 16.6. The molecule has 1 amide bonds. The quantitative estimate of drug-likeness (QED) is 0.173. The molecule has 3 heterocycles. The number of piperidine rings is 1. The number of rotatable bonds is 11. The number of nitrogens with zero attached hydrogens (tertiary/aromatic N) is 5. The molecule has 2 aromatic heterocycles. The zero-order chi connectivity index (χ0) is 35.6. The Morgan fingerprint density at radius 3 is 2.52 bits per heavy atom. The number of likely N-dealkylation sites (N-methyl/N-ethyl adjacent to an activating group) is 1. The van der Waals surface area contributed by atoms with Gasteiger partial charge < -0.3 is 29.5 Å². The van der Waals surface area contributed by atoms with Crippen molar-refractivity contribution in [2.75, 3.05) is 39.0 Å². The van der Waals surface area contributed by atoms with Gasteiger partial charge in [0.1, 0.15) is 5.75 Å². The van der Waals surface area contributed by atoms with Gasteiger partial charge in [-0.15, -0.1) is 0 Å². The summed E-state index contributed by atoms with van der Waals surface area (Å²) in [5.74, 6) is 1.09.